The van der Waals surface area contributed by atoms with Gasteiger partial charge in [-0.3, -0.25) is 4.79 Å². The Kier molecular flexibility index (Phi) is 2.59. The minimum absolute atomic E-state index is 0.0263. The molecule has 68 valence electrons. The predicted octanol–water partition coefficient (Wildman–Crippen LogP) is 2.29. The molecular weight excluding hydrogens is 172 g/mol. The summed E-state index contributed by atoms with van der Waals surface area (Å²) in [6.45, 7) is 0. The summed E-state index contributed by atoms with van der Waals surface area (Å²) in [7, 11) is 0. The van der Waals surface area contributed by atoms with Gasteiger partial charge in [-0.2, -0.15) is 0 Å². The minimum atomic E-state index is 0.0263. The Balaban J connectivity index is 2.12. The molecule has 1 aliphatic rings. The molecule has 1 nitrogen and oxygen atoms in total. The number of benzene rings is 1. The second-order valence-electron chi connectivity index (χ2n) is 3.26. The van der Waals surface area contributed by atoms with Crippen molar-refractivity contribution >= 4 is 5.78 Å². The van der Waals surface area contributed by atoms with E-state index in [9.17, 15) is 4.79 Å². The van der Waals surface area contributed by atoms with E-state index in [1.807, 2.05) is 36.4 Å². The van der Waals surface area contributed by atoms with Crippen LogP contribution in [-0.2, 0) is 11.2 Å². The van der Waals surface area contributed by atoms with Gasteiger partial charge in [0.25, 0.3) is 0 Å². The van der Waals surface area contributed by atoms with Gasteiger partial charge in [-0.15, -0.1) is 0 Å². The van der Waals surface area contributed by atoms with Crippen molar-refractivity contribution in [1.82, 2.24) is 0 Å². The Labute approximate surface area is 83.8 Å². The SMILES string of the molecule is O=C1[C]=C(Cc2ccccc2)C=[C]C1. The number of allylic oxidation sites excluding steroid dienone is 4. The maximum absolute atomic E-state index is 11.0. The summed E-state index contributed by atoms with van der Waals surface area (Å²) >= 11 is 0. The van der Waals surface area contributed by atoms with Gasteiger partial charge in [-0.05, 0) is 23.6 Å². The molecule has 0 heterocycles. The van der Waals surface area contributed by atoms with Crippen LogP contribution in [0.5, 0.6) is 0 Å². The zero-order valence-electron chi connectivity index (χ0n) is 7.79. The largest absolute Gasteiger partial charge is 0.294 e. The normalized spacial score (nSPS) is 15.4. The molecule has 14 heavy (non-hydrogen) atoms. The quantitative estimate of drug-likeness (QED) is 0.685. The fourth-order valence-electron chi connectivity index (χ4n) is 1.44. The third kappa shape index (κ3) is 2.19. The van der Waals surface area contributed by atoms with E-state index in [0.717, 1.165) is 12.0 Å². The van der Waals surface area contributed by atoms with Gasteiger partial charge in [0, 0.05) is 12.5 Å². The molecule has 0 saturated carbocycles. The highest BCUT2D eigenvalue weighted by Gasteiger charge is 2.05. The molecule has 0 fully saturated rings. The van der Waals surface area contributed by atoms with Gasteiger partial charge in [-0.25, -0.2) is 0 Å². The fraction of sp³-hybridized carbons (Fsp3) is 0.154. The number of hydrogen-bond donors (Lipinski definition) is 0. The molecule has 2 rings (SSSR count). The summed E-state index contributed by atoms with van der Waals surface area (Å²) in [5.74, 6) is 0.0263. The number of ketones is 1. The monoisotopic (exact) mass is 182 g/mol. The summed E-state index contributed by atoms with van der Waals surface area (Å²) in [6.07, 6.45) is 8.75. The van der Waals surface area contributed by atoms with E-state index < -0.39 is 0 Å². The molecule has 1 aliphatic carbocycles. The summed E-state index contributed by atoms with van der Waals surface area (Å²) in [5.41, 5.74) is 2.12. The number of carbonyl (C=O) groups excluding carboxylic acids is 1. The first-order valence-electron chi connectivity index (χ1n) is 4.61. The van der Waals surface area contributed by atoms with Gasteiger partial charge in [0.1, 0.15) is 0 Å². The highest BCUT2D eigenvalue weighted by atomic mass is 16.1. The first kappa shape index (κ1) is 8.95. The molecule has 0 spiro atoms. The third-order valence-corrected chi connectivity index (χ3v) is 2.08. The van der Waals surface area contributed by atoms with Crippen LogP contribution < -0.4 is 0 Å². The van der Waals surface area contributed by atoms with Gasteiger partial charge in [0.15, 0.2) is 5.78 Å². The van der Waals surface area contributed by atoms with Crippen LogP contribution in [0, 0.1) is 12.2 Å². The van der Waals surface area contributed by atoms with Crippen LogP contribution in [0.15, 0.2) is 42.0 Å². The number of Topliss-reactive ketones (excluding diaryl/α,β-unsaturated/α-hetero) is 1. The van der Waals surface area contributed by atoms with E-state index >= 15 is 0 Å². The molecular formula is C13H10O. The standard InChI is InChI=1S/C13H10O/c14-13-8-4-7-12(10-13)9-11-5-2-1-3-6-11/h1-3,5-7H,8-9H2. The molecule has 0 aliphatic heterocycles. The van der Waals surface area contributed by atoms with Crippen LogP contribution in [0.3, 0.4) is 0 Å². The fourth-order valence-corrected chi connectivity index (χ4v) is 1.44. The van der Waals surface area contributed by atoms with Crippen LogP contribution in [0.1, 0.15) is 12.0 Å². The molecule has 1 aromatic rings. The molecule has 1 heteroatoms. The second kappa shape index (κ2) is 4.05. The number of rotatable bonds is 2. The molecule has 0 unspecified atom stereocenters. The Morgan fingerprint density at radius 3 is 2.71 bits per heavy atom. The highest BCUT2D eigenvalue weighted by Crippen LogP contribution is 2.12. The molecule has 0 saturated heterocycles. The van der Waals surface area contributed by atoms with Gasteiger partial charge >= 0.3 is 0 Å². The van der Waals surface area contributed by atoms with Gasteiger partial charge in [0.05, 0.1) is 0 Å². The van der Waals surface area contributed by atoms with Crippen LogP contribution >= 0.6 is 0 Å². The van der Waals surface area contributed by atoms with Crippen LogP contribution in [0.25, 0.3) is 0 Å². The van der Waals surface area contributed by atoms with Crippen molar-refractivity contribution < 1.29 is 4.79 Å². The third-order valence-electron chi connectivity index (χ3n) is 2.08. The molecule has 0 N–H and O–H groups in total. The van der Waals surface area contributed by atoms with Crippen molar-refractivity contribution in [1.29, 1.82) is 0 Å². The van der Waals surface area contributed by atoms with Crippen molar-refractivity contribution in [3.8, 4) is 0 Å². The van der Waals surface area contributed by atoms with E-state index in [4.69, 9.17) is 0 Å². The van der Waals surface area contributed by atoms with Crippen molar-refractivity contribution in [2.24, 2.45) is 0 Å². The lowest BCUT2D eigenvalue weighted by molar-refractivity contribution is -0.114. The summed E-state index contributed by atoms with van der Waals surface area (Å²) in [6, 6.07) is 10.1. The van der Waals surface area contributed by atoms with Gasteiger partial charge < -0.3 is 0 Å². The van der Waals surface area contributed by atoms with E-state index in [1.165, 1.54) is 5.56 Å². The van der Waals surface area contributed by atoms with Gasteiger partial charge in [0.2, 0.25) is 0 Å². The van der Waals surface area contributed by atoms with Gasteiger partial charge in [-0.1, -0.05) is 36.4 Å². The lowest BCUT2D eigenvalue weighted by Crippen LogP contribution is -2.00. The van der Waals surface area contributed by atoms with E-state index in [2.05, 4.69) is 12.2 Å². The lowest BCUT2D eigenvalue weighted by atomic mass is 9.99. The van der Waals surface area contributed by atoms with E-state index in [0.29, 0.717) is 6.42 Å². The number of carbonyl (C=O) groups is 1. The average molecular weight is 182 g/mol. The summed E-state index contributed by atoms with van der Waals surface area (Å²) in [4.78, 5) is 11.0. The summed E-state index contributed by atoms with van der Waals surface area (Å²) < 4.78 is 0. The van der Waals surface area contributed by atoms with Crippen LogP contribution in [-0.4, -0.2) is 5.78 Å². The number of hydrogen-bond acceptors (Lipinski definition) is 1. The second-order valence-corrected chi connectivity index (χ2v) is 3.26. The first-order chi connectivity index (χ1) is 6.84. The molecule has 2 radical (unpaired) electrons. The predicted molar refractivity (Wildman–Crippen MR) is 54.3 cm³/mol. The lowest BCUT2D eigenvalue weighted by Gasteiger charge is -2.04. The van der Waals surface area contributed by atoms with Crippen molar-refractivity contribution in [3.05, 3.63) is 59.7 Å². The molecule has 0 atom stereocenters. The Morgan fingerprint density at radius 1 is 1.21 bits per heavy atom. The van der Waals surface area contributed by atoms with E-state index in [1.54, 1.807) is 0 Å². The average Bonchev–Trinajstić information content (AvgIpc) is 2.19. The maximum atomic E-state index is 11.0. The van der Waals surface area contributed by atoms with Crippen LogP contribution in [0.2, 0.25) is 0 Å². The zero-order valence-corrected chi connectivity index (χ0v) is 7.79. The zero-order chi connectivity index (χ0) is 9.80. The maximum Gasteiger partial charge on any atom is 0.168 e. The van der Waals surface area contributed by atoms with Crippen molar-refractivity contribution in [2.75, 3.05) is 0 Å². The minimum Gasteiger partial charge on any atom is -0.294 e. The Morgan fingerprint density at radius 2 is 2.00 bits per heavy atom. The molecule has 0 aromatic heterocycles. The van der Waals surface area contributed by atoms with E-state index in [-0.39, 0.29) is 5.78 Å². The van der Waals surface area contributed by atoms with Crippen molar-refractivity contribution in [3.63, 3.8) is 0 Å². The summed E-state index contributed by atoms with van der Waals surface area (Å²) in [5, 5.41) is 0. The highest BCUT2D eigenvalue weighted by molar-refractivity contribution is 5.88. The topological polar surface area (TPSA) is 17.1 Å². The molecule has 0 bridgehead atoms. The smallest absolute Gasteiger partial charge is 0.168 e. The Bertz CT molecular complexity index is 385. The van der Waals surface area contributed by atoms with Crippen LogP contribution in [0.4, 0.5) is 0 Å². The Hall–Kier alpha value is -1.63. The molecule has 1 aromatic carbocycles. The molecule has 0 amide bonds. The first-order valence-corrected chi connectivity index (χ1v) is 4.61. The van der Waals surface area contributed by atoms with Crippen molar-refractivity contribution in [2.45, 2.75) is 12.8 Å².